The molecular weight excluding hydrogens is 224 g/mol. The zero-order valence-electron chi connectivity index (χ0n) is 9.09. The summed E-state index contributed by atoms with van der Waals surface area (Å²) in [4.78, 5) is 0. The van der Waals surface area contributed by atoms with E-state index >= 15 is 0 Å². The second-order valence-electron chi connectivity index (χ2n) is 3.97. The van der Waals surface area contributed by atoms with Crippen molar-refractivity contribution in [1.29, 1.82) is 0 Å². The van der Waals surface area contributed by atoms with E-state index in [-0.39, 0.29) is 0 Å². The van der Waals surface area contributed by atoms with Crippen LogP contribution in [-0.2, 0) is 13.1 Å². The van der Waals surface area contributed by atoms with Crippen LogP contribution < -0.4 is 10.1 Å². The van der Waals surface area contributed by atoms with Crippen molar-refractivity contribution < 1.29 is 4.74 Å². The van der Waals surface area contributed by atoms with Crippen LogP contribution >= 0.6 is 11.6 Å². The van der Waals surface area contributed by atoms with Gasteiger partial charge >= 0.3 is 0 Å². The highest BCUT2D eigenvalue weighted by Crippen LogP contribution is 2.35. The van der Waals surface area contributed by atoms with Gasteiger partial charge in [-0.05, 0) is 18.2 Å². The maximum atomic E-state index is 6.04. The van der Waals surface area contributed by atoms with Crippen molar-refractivity contribution in [2.75, 3.05) is 13.7 Å². The smallest absolute Gasteiger partial charge is 0.148 e. The first kappa shape index (κ1) is 10.00. The predicted octanol–water partition coefficient (Wildman–Crippen LogP) is 2.41. The summed E-state index contributed by atoms with van der Waals surface area (Å²) < 4.78 is 7.79. The maximum Gasteiger partial charge on any atom is 0.148 e. The zero-order chi connectivity index (χ0) is 11.1. The van der Waals surface area contributed by atoms with Crippen molar-refractivity contribution in [3.8, 4) is 5.75 Å². The van der Waals surface area contributed by atoms with E-state index in [4.69, 9.17) is 16.3 Å². The number of nitrogens with one attached hydrogen (secondary N) is 1. The first-order valence-electron chi connectivity index (χ1n) is 5.36. The van der Waals surface area contributed by atoms with Crippen LogP contribution in [0.2, 0.25) is 5.02 Å². The van der Waals surface area contributed by atoms with E-state index in [1.54, 1.807) is 7.11 Å². The number of ether oxygens (including phenoxy) is 1. The Kier molecular flexibility index (Phi) is 2.30. The molecule has 0 spiro atoms. The second-order valence-corrected chi connectivity index (χ2v) is 4.41. The largest absolute Gasteiger partial charge is 0.494 e. The number of hydrogen-bond acceptors (Lipinski definition) is 2. The van der Waals surface area contributed by atoms with Gasteiger partial charge in [0.05, 0.1) is 18.3 Å². The molecule has 1 aliphatic heterocycles. The molecule has 0 bridgehead atoms. The van der Waals surface area contributed by atoms with Crippen molar-refractivity contribution in [3.63, 3.8) is 0 Å². The van der Waals surface area contributed by atoms with Gasteiger partial charge in [0.25, 0.3) is 0 Å². The third-order valence-electron chi connectivity index (χ3n) is 3.09. The molecule has 1 aliphatic rings. The summed E-state index contributed by atoms with van der Waals surface area (Å²) in [5.41, 5.74) is 2.38. The molecule has 0 saturated heterocycles. The molecule has 0 aliphatic carbocycles. The Balaban J connectivity index is 2.37. The number of nitrogens with zero attached hydrogens (tertiary/aromatic N) is 1. The molecule has 0 unspecified atom stereocenters. The SMILES string of the molecule is COc1c2n(c3cc(Cl)ccc13)CCNC2. The Bertz CT molecular complexity index is 547. The number of fused-ring (bicyclic) bond motifs is 3. The topological polar surface area (TPSA) is 26.2 Å². The lowest BCUT2D eigenvalue weighted by Gasteiger charge is -2.17. The van der Waals surface area contributed by atoms with E-state index < -0.39 is 0 Å². The molecule has 0 atom stereocenters. The molecular formula is C12H13ClN2O. The van der Waals surface area contributed by atoms with Crippen LogP contribution in [-0.4, -0.2) is 18.2 Å². The van der Waals surface area contributed by atoms with Crippen molar-refractivity contribution in [2.45, 2.75) is 13.1 Å². The normalized spacial score (nSPS) is 15.1. The molecule has 3 nitrogen and oxygen atoms in total. The molecule has 2 aromatic rings. The molecule has 3 rings (SSSR count). The van der Waals surface area contributed by atoms with E-state index in [0.717, 1.165) is 35.8 Å². The molecule has 4 heteroatoms. The average Bonchev–Trinajstić information content (AvgIpc) is 2.62. The number of methoxy groups -OCH3 is 1. The zero-order valence-corrected chi connectivity index (χ0v) is 9.84. The molecule has 84 valence electrons. The van der Waals surface area contributed by atoms with Crippen LogP contribution in [0.3, 0.4) is 0 Å². The number of rotatable bonds is 1. The van der Waals surface area contributed by atoms with E-state index in [1.165, 1.54) is 11.2 Å². The fraction of sp³-hybridized carbons (Fsp3) is 0.333. The fourth-order valence-corrected chi connectivity index (χ4v) is 2.57. The summed E-state index contributed by atoms with van der Waals surface area (Å²) in [7, 11) is 1.72. The molecule has 1 aromatic heterocycles. The Morgan fingerprint density at radius 2 is 2.31 bits per heavy atom. The highest BCUT2D eigenvalue weighted by atomic mass is 35.5. The Labute approximate surface area is 99.0 Å². The minimum atomic E-state index is 0.772. The summed E-state index contributed by atoms with van der Waals surface area (Å²) in [6, 6.07) is 5.95. The van der Waals surface area contributed by atoms with Crippen molar-refractivity contribution >= 4 is 22.5 Å². The Morgan fingerprint density at radius 3 is 3.12 bits per heavy atom. The van der Waals surface area contributed by atoms with Gasteiger partial charge in [0.15, 0.2) is 0 Å². The van der Waals surface area contributed by atoms with Gasteiger partial charge in [-0.1, -0.05) is 11.6 Å². The van der Waals surface area contributed by atoms with Gasteiger partial charge in [0, 0.05) is 30.0 Å². The van der Waals surface area contributed by atoms with Gasteiger partial charge in [-0.15, -0.1) is 0 Å². The first-order valence-corrected chi connectivity index (χ1v) is 5.74. The van der Waals surface area contributed by atoms with E-state index in [1.807, 2.05) is 18.2 Å². The quantitative estimate of drug-likeness (QED) is 0.823. The molecule has 16 heavy (non-hydrogen) atoms. The van der Waals surface area contributed by atoms with Gasteiger partial charge in [-0.25, -0.2) is 0 Å². The summed E-state index contributed by atoms with van der Waals surface area (Å²) in [5, 5.41) is 5.27. The summed E-state index contributed by atoms with van der Waals surface area (Å²) in [6.45, 7) is 2.82. The van der Waals surface area contributed by atoms with Gasteiger partial charge < -0.3 is 14.6 Å². The van der Waals surface area contributed by atoms with Crippen LogP contribution in [0.5, 0.6) is 5.75 Å². The molecule has 1 N–H and O–H groups in total. The third-order valence-corrected chi connectivity index (χ3v) is 3.33. The number of aromatic nitrogens is 1. The lowest BCUT2D eigenvalue weighted by molar-refractivity contribution is 0.401. The van der Waals surface area contributed by atoms with Gasteiger partial charge in [-0.3, -0.25) is 0 Å². The summed E-state index contributed by atoms with van der Waals surface area (Å²) in [5.74, 6) is 0.971. The lowest BCUT2D eigenvalue weighted by Crippen LogP contribution is -2.27. The van der Waals surface area contributed by atoms with Crippen molar-refractivity contribution in [1.82, 2.24) is 9.88 Å². The van der Waals surface area contributed by atoms with E-state index in [2.05, 4.69) is 9.88 Å². The van der Waals surface area contributed by atoms with Crippen molar-refractivity contribution in [3.05, 3.63) is 28.9 Å². The van der Waals surface area contributed by atoms with Crippen LogP contribution in [0.15, 0.2) is 18.2 Å². The summed E-state index contributed by atoms with van der Waals surface area (Å²) >= 11 is 6.04. The third kappa shape index (κ3) is 1.32. The molecule has 1 aromatic carbocycles. The predicted molar refractivity (Wildman–Crippen MR) is 65.2 cm³/mol. The van der Waals surface area contributed by atoms with Gasteiger partial charge in [0.2, 0.25) is 0 Å². The molecule has 0 amide bonds. The van der Waals surface area contributed by atoms with Gasteiger partial charge in [0.1, 0.15) is 5.75 Å². The Morgan fingerprint density at radius 1 is 1.44 bits per heavy atom. The monoisotopic (exact) mass is 236 g/mol. The first-order chi connectivity index (χ1) is 7.81. The Hall–Kier alpha value is -1.19. The lowest BCUT2D eigenvalue weighted by atomic mass is 10.2. The van der Waals surface area contributed by atoms with E-state index in [9.17, 15) is 0 Å². The maximum absolute atomic E-state index is 6.04. The van der Waals surface area contributed by atoms with Gasteiger partial charge in [-0.2, -0.15) is 0 Å². The second kappa shape index (κ2) is 3.68. The van der Waals surface area contributed by atoms with E-state index in [0.29, 0.717) is 0 Å². The molecule has 0 fully saturated rings. The molecule has 0 radical (unpaired) electrons. The number of hydrogen-bond donors (Lipinski definition) is 1. The molecule has 2 heterocycles. The van der Waals surface area contributed by atoms with Crippen LogP contribution in [0, 0.1) is 0 Å². The average molecular weight is 237 g/mol. The minimum absolute atomic E-state index is 0.772. The minimum Gasteiger partial charge on any atom is -0.494 e. The van der Waals surface area contributed by atoms with Crippen LogP contribution in [0.4, 0.5) is 0 Å². The number of halogens is 1. The summed E-state index contributed by atoms with van der Waals surface area (Å²) in [6.07, 6.45) is 0. The van der Waals surface area contributed by atoms with Crippen LogP contribution in [0.25, 0.3) is 10.9 Å². The molecule has 0 saturated carbocycles. The standard InChI is InChI=1S/C12H13ClN2O/c1-16-12-9-3-2-8(13)6-10(9)15-5-4-14-7-11(12)15/h2-3,6,14H,4-5,7H2,1H3. The van der Waals surface area contributed by atoms with Crippen molar-refractivity contribution in [2.24, 2.45) is 0 Å². The fourth-order valence-electron chi connectivity index (χ4n) is 2.40. The number of benzene rings is 1. The highest BCUT2D eigenvalue weighted by Gasteiger charge is 2.19. The highest BCUT2D eigenvalue weighted by molar-refractivity contribution is 6.31. The van der Waals surface area contributed by atoms with Crippen LogP contribution in [0.1, 0.15) is 5.69 Å².